The van der Waals surface area contributed by atoms with Crippen LogP contribution in [0.4, 0.5) is 5.69 Å². The Kier molecular flexibility index (Phi) is 4.48. The normalized spacial score (nSPS) is 10.1. The molecule has 0 spiro atoms. The maximum Gasteiger partial charge on any atom is 0.231 e. The van der Waals surface area contributed by atoms with Gasteiger partial charge in [0.2, 0.25) is 5.91 Å². The molecule has 0 aliphatic rings. The van der Waals surface area contributed by atoms with Crippen molar-refractivity contribution in [3.05, 3.63) is 65.7 Å². The van der Waals surface area contributed by atoms with Crippen LogP contribution in [0.2, 0.25) is 0 Å². The largest absolute Gasteiger partial charge is 0.389 e. The van der Waals surface area contributed by atoms with Crippen LogP contribution in [0.1, 0.15) is 11.1 Å². The Morgan fingerprint density at radius 1 is 1.10 bits per heavy atom. The van der Waals surface area contributed by atoms with Crippen LogP contribution in [0.5, 0.6) is 0 Å². The van der Waals surface area contributed by atoms with E-state index in [0.717, 1.165) is 16.8 Å². The lowest BCUT2D eigenvalue weighted by atomic mass is 10.1. The predicted octanol–water partition coefficient (Wildman–Crippen LogP) is 2.53. The van der Waals surface area contributed by atoms with Gasteiger partial charge in [0.1, 0.15) is 4.99 Å². The van der Waals surface area contributed by atoms with Crippen molar-refractivity contribution in [3.63, 3.8) is 0 Å². The van der Waals surface area contributed by atoms with Gasteiger partial charge in [-0.1, -0.05) is 54.7 Å². The van der Waals surface area contributed by atoms with E-state index in [-0.39, 0.29) is 5.91 Å². The molecule has 2 rings (SSSR count). The Morgan fingerprint density at radius 3 is 2.25 bits per heavy atom. The summed E-state index contributed by atoms with van der Waals surface area (Å²) in [5.41, 5.74) is 8.19. The SMILES string of the molecule is CN(C(=O)Cc1ccc(C(N)=S)cc1)c1ccccc1. The van der Waals surface area contributed by atoms with Crippen LogP contribution in [0, 0.1) is 0 Å². The molecular weight excluding hydrogens is 268 g/mol. The lowest BCUT2D eigenvalue weighted by Crippen LogP contribution is -2.27. The van der Waals surface area contributed by atoms with Crippen LogP contribution in [0.15, 0.2) is 54.6 Å². The second-order valence-corrected chi connectivity index (χ2v) is 4.97. The van der Waals surface area contributed by atoms with E-state index in [1.165, 1.54) is 0 Å². The molecule has 0 heterocycles. The monoisotopic (exact) mass is 284 g/mol. The van der Waals surface area contributed by atoms with E-state index in [1.807, 2.05) is 54.6 Å². The molecule has 1 amide bonds. The number of hydrogen-bond donors (Lipinski definition) is 1. The fraction of sp³-hybridized carbons (Fsp3) is 0.125. The molecule has 0 radical (unpaired) electrons. The van der Waals surface area contributed by atoms with Crippen LogP contribution in [0.25, 0.3) is 0 Å². The molecular formula is C16H16N2OS. The maximum absolute atomic E-state index is 12.2. The molecule has 0 bridgehead atoms. The molecule has 0 saturated carbocycles. The van der Waals surface area contributed by atoms with Gasteiger partial charge in [-0.15, -0.1) is 0 Å². The number of amides is 1. The zero-order valence-corrected chi connectivity index (χ0v) is 12.1. The number of benzene rings is 2. The van der Waals surface area contributed by atoms with Gasteiger partial charge in [-0.3, -0.25) is 4.79 Å². The van der Waals surface area contributed by atoms with Gasteiger partial charge >= 0.3 is 0 Å². The summed E-state index contributed by atoms with van der Waals surface area (Å²) in [5, 5.41) is 0. The van der Waals surface area contributed by atoms with Crippen LogP contribution in [0.3, 0.4) is 0 Å². The molecule has 0 aromatic heterocycles. The molecule has 0 fully saturated rings. The standard InChI is InChI=1S/C16H16N2OS/c1-18(14-5-3-2-4-6-14)15(19)11-12-7-9-13(10-8-12)16(17)20/h2-10H,11H2,1H3,(H2,17,20). The summed E-state index contributed by atoms with van der Waals surface area (Å²) in [6.45, 7) is 0. The van der Waals surface area contributed by atoms with Crippen molar-refractivity contribution >= 4 is 28.8 Å². The van der Waals surface area contributed by atoms with Crippen LogP contribution in [-0.4, -0.2) is 17.9 Å². The van der Waals surface area contributed by atoms with Crippen molar-refractivity contribution in [2.24, 2.45) is 5.73 Å². The van der Waals surface area contributed by atoms with Crippen molar-refractivity contribution in [2.75, 3.05) is 11.9 Å². The van der Waals surface area contributed by atoms with Gasteiger partial charge in [0.25, 0.3) is 0 Å². The summed E-state index contributed by atoms with van der Waals surface area (Å²) in [6.07, 6.45) is 0.350. The number of carbonyl (C=O) groups excluding carboxylic acids is 1. The summed E-state index contributed by atoms with van der Waals surface area (Å²) >= 11 is 4.90. The first-order chi connectivity index (χ1) is 9.58. The summed E-state index contributed by atoms with van der Waals surface area (Å²) in [6, 6.07) is 17.0. The van der Waals surface area contributed by atoms with E-state index in [1.54, 1.807) is 11.9 Å². The minimum absolute atomic E-state index is 0.0410. The molecule has 3 nitrogen and oxygen atoms in total. The molecule has 0 unspecified atom stereocenters. The number of nitrogens with zero attached hydrogens (tertiary/aromatic N) is 1. The molecule has 2 aromatic carbocycles. The highest BCUT2D eigenvalue weighted by atomic mass is 32.1. The van der Waals surface area contributed by atoms with Gasteiger partial charge in [-0.05, 0) is 17.7 Å². The summed E-state index contributed by atoms with van der Waals surface area (Å²) in [7, 11) is 1.78. The van der Waals surface area contributed by atoms with Gasteiger partial charge in [0, 0.05) is 18.3 Å². The van der Waals surface area contributed by atoms with Crippen molar-refractivity contribution in [1.29, 1.82) is 0 Å². The van der Waals surface area contributed by atoms with E-state index < -0.39 is 0 Å². The molecule has 2 aromatic rings. The summed E-state index contributed by atoms with van der Waals surface area (Å²) < 4.78 is 0. The number of carbonyl (C=O) groups is 1. The minimum atomic E-state index is 0.0410. The number of thiocarbonyl (C=S) groups is 1. The molecule has 0 aliphatic heterocycles. The third-order valence-corrected chi connectivity index (χ3v) is 3.35. The van der Waals surface area contributed by atoms with E-state index in [4.69, 9.17) is 18.0 Å². The second-order valence-electron chi connectivity index (χ2n) is 4.53. The highest BCUT2D eigenvalue weighted by Gasteiger charge is 2.11. The van der Waals surface area contributed by atoms with Crippen LogP contribution in [-0.2, 0) is 11.2 Å². The Morgan fingerprint density at radius 2 is 1.70 bits per heavy atom. The lowest BCUT2D eigenvalue weighted by Gasteiger charge is -2.17. The van der Waals surface area contributed by atoms with Crippen LogP contribution < -0.4 is 10.6 Å². The smallest absolute Gasteiger partial charge is 0.231 e. The number of para-hydroxylation sites is 1. The van der Waals surface area contributed by atoms with Crippen molar-refractivity contribution in [3.8, 4) is 0 Å². The zero-order chi connectivity index (χ0) is 14.5. The average Bonchev–Trinajstić information content (AvgIpc) is 2.48. The number of hydrogen-bond acceptors (Lipinski definition) is 2. The van der Waals surface area contributed by atoms with Gasteiger partial charge in [0.15, 0.2) is 0 Å². The first-order valence-corrected chi connectivity index (χ1v) is 6.69. The Hall–Kier alpha value is -2.20. The van der Waals surface area contributed by atoms with Crippen molar-refractivity contribution < 1.29 is 4.79 Å². The van der Waals surface area contributed by atoms with Gasteiger partial charge in [-0.2, -0.15) is 0 Å². The number of nitrogens with two attached hydrogens (primary N) is 1. The number of likely N-dealkylation sites (N-methyl/N-ethyl adjacent to an activating group) is 1. The summed E-state index contributed by atoms with van der Waals surface area (Å²) in [5.74, 6) is 0.0410. The molecule has 0 saturated heterocycles. The highest BCUT2D eigenvalue weighted by Crippen LogP contribution is 2.13. The Labute approximate surface area is 124 Å². The number of rotatable bonds is 4. The van der Waals surface area contributed by atoms with Crippen molar-refractivity contribution in [2.45, 2.75) is 6.42 Å². The number of anilines is 1. The van der Waals surface area contributed by atoms with Gasteiger partial charge in [-0.25, -0.2) is 0 Å². The lowest BCUT2D eigenvalue weighted by molar-refractivity contribution is -0.117. The van der Waals surface area contributed by atoms with E-state index in [2.05, 4.69) is 0 Å². The molecule has 102 valence electrons. The average molecular weight is 284 g/mol. The van der Waals surface area contributed by atoms with E-state index in [0.29, 0.717) is 11.4 Å². The van der Waals surface area contributed by atoms with Crippen LogP contribution >= 0.6 is 12.2 Å². The molecule has 2 N–H and O–H groups in total. The highest BCUT2D eigenvalue weighted by molar-refractivity contribution is 7.80. The van der Waals surface area contributed by atoms with E-state index in [9.17, 15) is 4.79 Å². The van der Waals surface area contributed by atoms with E-state index >= 15 is 0 Å². The first kappa shape index (κ1) is 14.2. The fourth-order valence-electron chi connectivity index (χ4n) is 1.88. The summed E-state index contributed by atoms with van der Waals surface area (Å²) in [4.78, 5) is 14.2. The Balaban J connectivity index is 2.06. The second kappa shape index (κ2) is 6.30. The van der Waals surface area contributed by atoms with Gasteiger partial charge < -0.3 is 10.6 Å². The topological polar surface area (TPSA) is 46.3 Å². The molecule has 4 heteroatoms. The van der Waals surface area contributed by atoms with Crippen molar-refractivity contribution in [1.82, 2.24) is 0 Å². The first-order valence-electron chi connectivity index (χ1n) is 6.28. The Bertz CT molecular complexity index is 608. The molecule has 0 atom stereocenters. The minimum Gasteiger partial charge on any atom is -0.389 e. The van der Waals surface area contributed by atoms with Gasteiger partial charge in [0.05, 0.1) is 6.42 Å². The third-order valence-electron chi connectivity index (χ3n) is 3.11. The third kappa shape index (κ3) is 3.42. The predicted molar refractivity (Wildman–Crippen MR) is 85.9 cm³/mol. The molecule has 20 heavy (non-hydrogen) atoms. The quantitative estimate of drug-likeness (QED) is 0.878. The zero-order valence-electron chi connectivity index (χ0n) is 11.2. The molecule has 0 aliphatic carbocycles. The fourth-order valence-corrected chi connectivity index (χ4v) is 2.01. The maximum atomic E-state index is 12.2.